The first-order valence-electron chi connectivity index (χ1n) is 10.2. The fraction of sp³-hybridized carbons (Fsp3) is 0.458. The standard InChI is InChI=1S/C24H27FO3/c1-3-24(2,20-14-16-9-10-17(20)13-16)28-22-15-18(11-12-21(22)25)23(26)27-19-7-5-4-6-8-19/h4-8,11-12,15-17,20H,3,9-10,13-14H2,1-2H3. The number of carbonyl (C=O) groups is 1. The summed E-state index contributed by atoms with van der Waals surface area (Å²) in [5.74, 6) is 1.53. The van der Waals surface area contributed by atoms with Crippen LogP contribution in [0, 0.1) is 23.6 Å². The molecule has 0 N–H and O–H groups in total. The van der Waals surface area contributed by atoms with E-state index in [0.717, 1.165) is 18.8 Å². The molecule has 148 valence electrons. The molecule has 28 heavy (non-hydrogen) atoms. The van der Waals surface area contributed by atoms with Gasteiger partial charge in [-0.05, 0) is 74.8 Å². The SMILES string of the molecule is CCC(C)(Oc1cc(C(=O)Oc2ccccc2)ccc1F)C1CC2CCC1C2. The molecule has 2 aromatic rings. The van der Waals surface area contributed by atoms with Crippen molar-refractivity contribution in [3.63, 3.8) is 0 Å². The Bertz CT molecular complexity index is 850. The molecular formula is C24H27FO3. The summed E-state index contributed by atoms with van der Waals surface area (Å²) >= 11 is 0. The first kappa shape index (κ1) is 19.0. The van der Waals surface area contributed by atoms with Crippen molar-refractivity contribution in [3.8, 4) is 11.5 Å². The molecule has 0 radical (unpaired) electrons. The Balaban J connectivity index is 1.54. The number of hydrogen-bond acceptors (Lipinski definition) is 3. The van der Waals surface area contributed by atoms with E-state index in [1.54, 1.807) is 24.3 Å². The number of para-hydroxylation sites is 1. The molecule has 2 saturated carbocycles. The molecule has 2 bridgehead atoms. The van der Waals surface area contributed by atoms with Crippen LogP contribution in [0.25, 0.3) is 0 Å². The maximum atomic E-state index is 14.5. The molecule has 2 aliphatic carbocycles. The minimum absolute atomic E-state index is 0.134. The van der Waals surface area contributed by atoms with Gasteiger partial charge in [-0.2, -0.15) is 0 Å². The Morgan fingerprint density at radius 3 is 2.57 bits per heavy atom. The molecule has 0 spiro atoms. The van der Waals surface area contributed by atoms with E-state index < -0.39 is 17.4 Å². The molecule has 2 fully saturated rings. The molecule has 2 aromatic carbocycles. The zero-order valence-electron chi connectivity index (χ0n) is 16.5. The highest BCUT2D eigenvalue weighted by Crippen LogP contribution is 2.53. The Hall–Kier alpha value is -2.36. The first-order valence-corrected chi connectivity index (χ1v) is 10.2. The van der Waals surface area contributed by atoms with Crippen molar-refractivity contribution in [2.24, 2.45) is 17.8 Å². The summed E-state index contributed by atoms with van der Waals surface area (Å²) in [4.78, 5) is 12.5. The first-order chi connectivity index (χ1) is 13.5. The third-order valence-corrected chi connectivity index (χ3v) is 6.69. The number of carbonyl (C=O) groups excluding carboxylic acids is 1. The lowest BCUT2D eigenvalue weighted by Crippen LogP contribution is -2.43. The number of benzene rings is 2. The van der Waals surface area contributed by atoms with E-state index in [9.17, 15) is 9.18 Å². The van der Waals surface area contributed by atoms with Crippen LogP contribution in [0.5, 0.6) is 11.5 Å². The third-order valence-electron chi connectivity index (χ3n) is 6.69. The van der Waals surface area contributed by atoms with Crippen LogP contribution < -0.4 is 9.47 Å². The van der Waals surface area contributed by atoms with Crippen molar-refractivity contribution >= 4 is 5.97 Å². The zero-order valence-corrected chi connectivity index (χ0v) is 16.5. The highest BCUT2D eigenvalue weighted by molar-refractivity contribution is 5.91. The molecule has 4 heteroatoms. The van der Waals surface area contributed by atoms with Gasteiger partial charge in [-0.25, -0.2) is 9.18 Å². The molecule has 0 aromatic heterocycles. The molecule has 0 saturated heterocycles. The Kier molecular flexibility index (Phi) is 5.13. The maximum Gasteiger partial charge on any atom is 0.343 e. The Morgan fingerprint density at radius 2 is 1.93 bits per heavy atom. The van der Waals surface area contributed by atoms with Crippen LogP contribution in [-0.2, 0) is 0 Å². The fourth-order valence-corrected chi connectivity index (χ4v) is 5.02. The van der Waals surface area contributed by atoms with Gasteiger partial charge in [0, 0.05) is 5.92 Å². The van der Waals surface area contributed by atoms with Gasteiger partial charge in [0.05, 0.1) is 5.56 Å². The average molecular weight is 382 g/mol. The smallest absolute Gasteiger partial charge is 0.343 e. The van der Waals surface area contributed by atoms with E-state index in [1.165, 1.54) is 37.5 Å². The molecule has 0 amide bonds. The fourth-order valence-electron chi connectivity index (χ4n) is 5.02. The van der Waals surface area contributed by atoms with Crippen molar-refractivity contribution in [1.29, 1.82) is 0 Å². The molecular weight excluding hydrogens is 355 g/mol. The molecule has 0 aliphatic heterocycles. The van der Waals surface area contributed by atoms with E-state index in [4.69, 9.17) is 9.47 Å². The summed E-state index contributed by atoms with van der Waals surface area (Å²) in [6, 6.07) is 13.1. The number of rotatable bonds is 6. The predicted octanol–water partition coefficient (Wildman–Crippen LogP) is 6.03. The second kappa shape index (κ2) is 7.57. The van der Waals surface area contributed by atoms with Gasteiger partial charge in [0.25, 0.3) is 0 Å². The van der Waals surface area contributed by atoms with Gasteiger partial charge >= 0.3 is 5.97 Å². The summed E-state index contributed by atoms with van der Waals surface area (Å²) in [6.07, 6.45) is 5.80. The largest absolute Gasteiger partial charge is 0.484 e. The highest BCUT2D eigenvalue weighted by atomic mass is 19.1. The van der Waals surface area contributed by atoms with E-state index in [-0.39, 0.29) is 11.3 Å². The molecule has 4 rings (SSSR count). The van der Waals surface area contributed by atoms with Gasteiger partial charge in [0.15, 0.2) is 11.6 Å². The van der Waals surface area contributed by atoms with E-state index in [1.807, 2.05) is 6.07 Å². The van der Waals surface area contributed by atoms with Crippen molar-refractivity contribution in [3.05, 3.63) is 59.9 Å². The van der Waals surface area contributed by atoms with E-state index in [2.05, 4.69) is 13.8 Å². The van der Waals surface area contributed by atoms with Crippen molar-refractivity contribution < 1.29 is 18.7 Å². The quantitative estimate of drug-likeness (QED) is 0.452. The van der Waals surface area contributed by atoms with E-state index in [0.29, 0.717) is 17.6 Å². The highest BCUT2D eigenvalue weighted by Gasteiger charge is 2.49. The van der Waals surface area contributed by atoms with Gasteiger partial charge in [-0.1, -0.05) is 31.5 Å². The summed E-state index contributed by atoms with van der Waals surface area (Å²) in [7, 11) is 0. The number of hydrogen-bond donors (Lipinski definition) is 0. The lowest BCUT2D eigenvalue weighted by atomic mass is 9.75. The third kappa shape index (κ3) is 3.65. The normalized spacial score (nSPS) is 25.3. The van der Waals surface area contributed by atoms with Crippen LogP contribution in [0.15, 0.2) is 48.5 Å². The van der Waals surface area contributed by atoms with Crippen LogP contribution in [0.4, 0.5) is 4.39 Å². The summed E-state index contributed by atoms with van der Waals surface area (Å²) in [5.41, 5.74) is -0.144. The second-order valence-electron chi connectivity index (χ2n) is 8.40. The van der Waals surface area contributed by atoms with Gasteiger partial charge in [-0.15, -0.1) is 0 Å². The van der Waals surface area contributed by atoms with Crippen LogP contribution in [-0.4, -0.2) is 11.6 Å². The number of ether oxygens (including phenoxy) is 2. The van der Waals surface area contributed by atoms with Crippen molar-refractivity contribution in [1.82, 2.24) is 0 Å². The lowest BCUT2D eigenvalue weighted by molar-refractivity contribution is -0.00665. The topological polar surface area (TPSA) is 35.5 Å². The summed E-state index contributed by atoms with van der Waals surface area (Å²) in [5, 5.41) is 0. The van der Waals surface area contributed by atoms with Gasteiger partial charge in [0.1, 0.15) is 11.4 Å². The Morgan fingerprint density at radius 1 is 1.14 bits per heavy atom. The maximum absolute atomic E-state index is 14.5. The molecule has 2 aliphatic rings. The van der Waals surface area contributed by atoms with Crippen molar-refractivity contribution in [2.75, 3.05) is 0 Å². The summed E-state index contributed by atoms with van der Waals surface area (Å²) < 4.78 is 26.2. The Labute approximate surface area is 165 Å². The van der Waals surface area contributed by atoms with Gasteiger partial charge < -0.3 is 9.47 Å². The molecule has 4 unspecified atom stereocenters. The molecule has 0 heterocycles. The van der Waals surface area contributed by atoms with Crippen LogP contribution in [0.2, 0.25) is 0 Å². The minimum atomic E-state index is -0.519. The van der Waals surface area contributed by atoms with Crippen LogP contribution in [0.1, 0.15) is 56.3 Å². The minimum Gasteiger partial charge on any atom is -0.484 e. The zero-order chi connectivity index (χ0) is 19.7. The van der Waals surface area contributed by atoms with Crippen molar-refractivity contribution in [2.45, 2.75) is 51.6 Å². The monoisotopic (exact) mass is 382 g/mol. The average Bonchev–Trinajstić information content (AvgIpc) is 3.34. The second-order valence-corrected chi connectivity index (χ2v) is 8.40. The lowest BCUT2D eigenvalue weighted by Gasteiger charge is -2.40. The number of fused-ring (bicyclic) bond motifs is 2. The van der Waals surface area contributed by atoms with Gasteiger partial charge in [-0.3, -0.25) is 0 Å². The molecule has 3 nitrogen and oxygen atoms in total. The van der Waals surface area contributed by atoms with Gasteiger partial charge in [0.2, 0.25) is 0 Å². The number of esters is 1. The molecule has 4 atom stereocenters. The number of halogens is 1. The van der Waals surface area contributed by atoms with E-state index >= 15 is 0 Å². The predicted molar refractivity (Wildman–Crippen MR) is 106 cm³/mol. The van der Waals surface area contributed by atoms with Crippen LogP contribution in [0.3, 0.4) is 0 Å². The van der Waals surface area contributed by atoms with Crippen LogP contribution >= 0.6 is 0 Å². The summed E-state index contributed by atoms with van der Waals surface area (Å²) in [6.45, 7) is 4.18.